The number of benzene rings is 2. The Hall–Kier alpha value is -3.85. The molecular weight excluding hydrogens is 458 g/mol. The van der Waals surface area contributed by atoms with Gasteiger partial charge in [0.15, 0.2) is 28.8 Å². The molecule has 34 heavy (non-hydrogen) atoms. The number of methoxy groups -OCH3 is 3. The topological polar surface area (TPSA) is 97.7 Å². The third-order valence-corrected chi connectivity index (χ3v) is 6.92. The molecule has 3 heterocycles. The van der Waals surface area contributed by atoms with Gasteiger partial charge in [0, 0.05) is 24.7 Å². The molecule has 0 spiro atoms. The molecule has 5 rings (SSSR count). The highest BCUT2D eigenvalue weighted by Gasteiger charge is 2.39. The first-order chi connectivity index (χ1) is 16.4. The van der Waals surface area contributed by atoms with Gasteiger partial charge in [-0.3, -0.25) is 0 Å². The number of carbonyl (C=O) groups is 1. The van der Waals surface area contributed by atoms with Crippen LogP contribution < -0.4 is 14.2 Å². The highest BCUT2D eigenvalue weighted by atomic mass is 32.1. The summed E-state index contributed by atoms with van der Waals surface area (Å²) in [5, 5.41) is 25.6. The smallest absolute Gasteiger partial charge is 0.348 e. The predicted molar refractivity (Wildman–Crippen MR) is 128 cm³/mol. The molecule has 0 amide bonds. The summed E-state index contributed by atoms with van der Waals surface area (Å²) in [5.74, 6) is -0.0188. The number of hydrogen-bond acceptors (Lipinski definition) is 9. The SMILES string of the molecule is COc1ccc2c(c1OC)C(=O)O/C2=C1/c2c(c(-c3ccsc3)c(O)c(O)c2OC)CCN1C. The highest BCUT2D eigenvalue weighted by Crippen LogP contribution is 2.55. The number of carbonyl (C=O) groups excluding carboxylic acids is 1. The summed E-state index contributed by atoms with van der Waals surface area (Å²) in [7, 11) is 6.28. The lowest BCUT2D eigenvalue weighted by molar-refractivity contribution is 0.0711. The van der Waals surface area contributed by atoms with E-state index in [0.717, 1.165) is 11.1 Å². The van der Waals surface area contributed by atoms with Crippen molar-refractivity contribution in [3.63, 3.8) is 0 Å². The fraction of sp³-hybridized carbons (Fsp3) is 0.240. The number of ether oxygens (including phenoxy) is 4. The monoisotopic (exact) mass is 481 g/mol. The lowest BCUT2D eigenvalue weighted by Gasteiger charge is -2.33. The van der Waals surface area contributed by atoms with Crippen LogP contribution in [0.4, 0.5) is 0 Å². The second-order valence-corrected chi connectivity index (χ2v) is 8.71. The summed E-state index contributed by atoms with van der Waals surface area (Å²) in [6.07, 6.45) is 0.588. The van der Waals surface area contributed by atoms with E-state index in [0.29, 0.717) is 52.6 Å². The molecular formula is C25H23NO7S. The number of hydrogen-bond donors (Lipinski definition) is 2. The van der Waals surface area contributed by atoms with Crippen LogP contribution >= 0.6 is 11.3 Å². The van der Waals surface area contributed by atoms with Crippen molar-refractivity contribution in [2.45, 2.75) is 6.42 Å². The number of rotatable bonds is 4. The summed E-state index contributed by atoms with van der Waals surface area (Å²) < 4.78 is 22.2. The van der Waals surface area contributed by atoms with Gasteiger partial charge in [0.2, 0.25) is 5.75 Å². The van der Waals surface area contributed by atoms with Crippen LogP contribution in [0.25, 0.3) is 22.6 Å². The summed E-state index contributed by atoms with van der Waals surface area (Å²) in [6.45, 7) is 0.594. The molecule has 3 aromatic rings. The third kappa shape index (κ3) is 3.00. The average molecular weight is 482 g/mol. The van der Waals surface area contributed by atoms with Gasteiger partial charge in [0.05, 0.1) is 32.6 Å². The maximum atomic E-state index is 13.0. The van der Waals surface area contributed by atoms with Crippen LogP contribution in [0.2, 0.25) is 0 Å². The van der Waals surface area contributed by atoms with E-state index >= 15 is 0 Å². The lowest BCUT2D eigenvalue weighted by atomic mass is 9.86. The van der Waals surface area contributed by atoms with E-state index in [-0.39, 0.29) is 22.8 Å². The molecule has 0 saturated heterocycles. The second kappa shape index (κ2) is 8.18. The Bertz CT molecular complexity index is 1340. The number of fused-ring (bicyclic) bond motifs is 2. The van der Waals surface area contributed by atoms with E-state index < -0.39 is 5.97 Å². The van der Waals surface area contributed by atoms with Crippen molar-refractivity contribution in [2.24, 2.45) is 0 Å². The fourth-order valence-corrected chi connectivity index (χ4v) is 5.38. The summed E-state index contributed by atoms with van der Waals surface area (Å²) in [5.41, 5.74) is 4.09. The van der Waals surface area contributed by atoms with Gasteiger partial charge in [-0.1, -0.05) is 0 Å². The molecule has 0 unspecified atom stereocenters. The minimum absolute atomic E-state index is 0.116. The molecule has 2 N–H and O–H groups in total. The first-order valence-corrected chi connectivity index (χ1v) is 11.5. The van der Waals surface area contributed by atoms with Crippen LogP contribution in [0.5, 0.6) is 28.7 Å². The van der Waals surface area contributed by atoms with E-state index in [1.807, 2.05) is 28.8 Å². The standard InChI is InChI=1S/C25H23NO7S/c1-26-9-7-13-16(12-8-10-34-11-12)20(27)21(28)24(32-4)17(13)19(26)22-14-5-6-15(30-2)23(31-3)18(14)25(29)33-22/h5-6,8,10-11,27-28H,7,9H2,1-4H3/b22-19-. The second-order valence-electron chi connectivity index (χ2n) is 7.93. The Balaban J connectivity index is 1.87. The van der Waals surface area contributed by atoms with Crippen LogP contribution in [-0.2, 0) is 11.2 Å². The van der Waals surface area contributed by atoms with E-state index in [1.165, 1.54) is 32.7 Å². The molecule has 2 aliphatic heterocycles. The zero-order valence-electron chi connectivity index (χ0n) is 19.1. The van der Waals surface area contributed by atoms with Crippen LogP contribution in [0.3, 0.4) is 0 Å². The third-order valence-electron chi connectivity index (χ3n) is 6.24. The van der Waals surface area contributed by atoms with Crippen molar-refractivity contribution in [3.05, 3.63) is 51.2 Å². The van der Waals surface area contributed by atoms with Gasteiger partial charge in [-0.15, -0.1) is 0 Å². The van der Waals surface area contributed by atoms with Crippen LogP contribution in [0.1, 0.15) is 27.0 Å². The maximum absolute atomic E-state index is 13.0. The van der Waals surface area contributed by atoms with Crippen molar-refractivity contribution in [3.8, 4) is 39.9 Å². The average Bonchev–Trinajstić information content (AvgIpc) is 3.48. The molecule has 0 radical (unpaired) electrons. The number of cyclic esters (lactones) is 1. The Morgan fingerprint density at radius 2 is 1.74 bits per heavy atom. The van der Waals surface area contributed by atoms with Gasteiger partial charge in [-0.05, 0) is 46.5 Å². The first-order valence-electron chi connectivity index (χ1n) is 10.5. The summed E-state index contributed by atoms with van der Waals surface area (Å²) in [4.78, 5) is 14.9. The minimum atomic E-state index is -0.561. The van der Waals surface area contributed by atoms with E-state index in [1.54, 1.807) is 12.1 Å². The fourth-order valence-electron chi connectivity index (χ4n) is 4.73. The number of nitrogens with zero attached hydrogens (tertiary/aromatic N) is 1. The van der Waals surface area contributed by atoms with Gasteiger partial charge < -0.3 is 34.1 Å². The zero-order chi connectivity index (χ0) is 24.1. The summed E-state index contributed by atoms with van der Waals surface area (Å²) >= 11 is 1.49. The van der Waals surface area contributed by atoms with Crippen LogP contribution in [-0.4, -0.2) is 56.0 Å². The van der Waals surface area contributed by atoms with Crippen LogP contribution in [0.15, 0.2) is 29.0 Å². The molecule has 9 heteroatoms. The molecule has 0 fully saturated rings. The van der Waals surface area contributed by atoms with Gasteiger partial charge >= 0.3 is 5.97 Å². The van der Waals surface area contributed by atoms with Crippen molar-refractivity contribution in [1.29, 1.82) is 0 Å². The Morgan fingerprint density at radius 1 is 0.971 bits per heavy atom. The van der Waals surface area contributed by atoms with E-state index in [9.17, 15) is 15.0 Å². The van der Waals surface area contributed by atoms with Crippen molar-refractivity contribution in [2.75, 3.05) is 34.9 Å². The maximum Gasteiger partial charge on any atom is 0.348 e. The molecule has 0 aliphatic carbocycles. The van der Waals surface area contributed by atoms with Gasteiger partial charge in [0.1, 0.15) is 5.56 Å². The Labute approximate surface area is 200 Å². The molecule has 0 atom stereocenters. The summed E-state index contributed by atoms with van der Waals surface area (Å²) in [6, 6.07) is 5.35. The largest absolute Gasteiger partial charge is 0.504 e. The lowest BCUT2D eigenvalue weighted by Crippen LogP contribution is -2.27. The number of thiophene rings is 1. The highest BCUT2D eigenvalue weighted by molar-refractivity contribution is 7.08. The van der Waals surface area contributed by atoms with E-state index in [4.69, 9.17) is 18.9 Å². The van der Waals surface area contributed by atoms with Gasteiger partial charge in [0.25, 0.3) is 0 Å². The Morgan fingerprint density at radius 3 is 2.38 bits per heavy atom. The Kier molecular flexibility index (Phi) is 5.28. The molecule has 0 saturated carbocycles. The molecule has 8 nitrogen and oxygen atoms in total. The van der Waals surface area contributed by atoms with E-state index in [2.05, 4.69) is 0 Å². The van der Waals surface area contributed by atoms with Crippen molar-refractivity contribution < 1.29 is 34.0 Å². The van der Waals surface area contributed by atoms with Crippen molar-refractivity contribution in [1.82, 2.24) is 4.90 Å². The molecule has 176 valence electrons. The number of esters is 1. The zero-order valence-corrected chi connectivity index (χ0v) is 19.9. The number of phenols is 2. The van der Waals surface area contributed by atoms with Crippen LogP contribution in [0, 0.1) is 0 Å². The molecule has 1 aromatic heterocycles. The van der Waals surface area contributed by atoms with Gasteiger partial charge in [-0.2, -0.15) is 11.3 Å². The quantitative estimate of drug-likeness (QED) is 0.420. The number of phenolic OH excluding ortho intramolecular Hbond substituents is 2. The molecule has 0 bridgehead atoms. The predicted octanol–water partition coefficient (Wildman–Crippen LogP) is 4.34. The minimum Gasteiger partial charge on any atom is -0.504 e. The molecule has 2 aliphatic rings. The first kappa shape index (κ1) is 22.0. The normalized spacial score (nSPS) is 16.7. The van der Waals surface area contributed by atoms with Crippen molar-refractivity contribution >= 4 is 28.8 Å². The number of likely N-dealkylation sites (N-methyl/N-ethyl adjacent to an activating group) is 1. The van der Waals surface area contributed by atoms with Gasteiger partial charge in [-0.25, -0.2) is 4.79 Å². The number of aromatic hydroxyl groups is 2. The molecule has 2 aromatic carbocycles.